The summed E-state index contributed by atoms with van der Waals surface area (Å²) in [7, 11) is 0. The normalized spacial score (nSPS) is 10.1. The molecule has 1 aromatic rings. The Morgan fingerprint density at radius 2 is 1.89 bits per heavy atom. The number of ether oxygens (including phenoxy) is 1. The van der Waals surface area contributed by atoms with Gasteiger partial charge >= 0.3 is 5.97 Å². The molecule has 0 N–H and O–H groups in total. The third kappa shape index (κ3) is 3.54. The minimum absolute atomic E-state index is 0.0337. The van der Waals surface area contributed by atoms with E-state index in [0.717, 1.165) is 0 Å². The largest absolute Gasteiger partial charge is 0.466 e. The standard InChI is InChI=1S/C11H9F2NO5/c1-2-19-11(16)5-10(15)6-3-7(12)8(13)4-9(6)14(17)18/h3-4H,2,5H2,1H3. The monoisotopic (exact) mass is 273 g/mol. The van der Waals surface area contributed by atoms with Gasteiger partial charge in [0.2, 0.25) is 0 Å². The molecule has 0 atom stereocenters. The number of esters is 1. The first-order valence-corrected chi connectivity index (χ1v) is 5.19. The molecule has 0 aliphatic carbocycles. The molecule has 0 aromatic heterocycles. The summed E-state index contributed by atoms with van der Waals surface area (Å²) in [6, 6.07) is 0.697. The van der Waals surface area contributed by atoms with Gasteiger partial charge in [-0.25, -0.2) is 8.78 Å². The fourth-order valence-electron chi connectivity index (χ4n) is 1.35. The van der Waals surface area contributed by atoms with Crippen LogP contribution in [-0.2, 0) is 9.53 Å². The number of nitro benzene ring substituents is 1. The molecular weight excluding hydrogens is 264 g/mol. The van der Waals surface area contributed by atoms with Crippen LogP contribution in [0.15, 0.2) is 12.1 Å². The number of rotatable bonds is 5. The Hall–Kier alpha value is -2.38. The molecule has 8 heteroatoms. The minimum Gasteiger partial charge on any atom is -0.466 e. The lowest BCUT2D eigenvalue weighted by Crippen LogP contribution is -2.13. The van der Waals surface area contributed by atoms with Gasteiger partial charge < -0.3 is 4.74 Å². The third-order valence-corrected chi connectivity index (χ3v) is 2.15. The van der Waals surface area contributed by atoms with Crippen LogP contribution in [0.1, 0.15) is 23.7 Å². The molecule has 0 spiro atoms. The summed E-state index contributed by atoms with van der Waals surface area (Å²) in [6.45, 7) is 1.55. The summed E-state index contributed by atoms with van der Waals surface area (Å²) in [4.78, 5) is 32.3. The van der Waals surface area contributed by atoms with Crippen molar-refractivity contribution in [3.63, 3.8) is 0 Å². The van der Waals surface area contributed by atoms with Crippen molar-refractivity contribution in [2.75, 3.05) is 6.61 Å². The number of hydrogen-bond acceptors (Lipinski definition) is 5. The van der Waals surface area contributed by atoms with Crippen LogP contribution in [0, 0.1) is 21.7 Å². The van der Waals surface area contributed by atoms with Crippen LogP contribution in [0.25, 0.3) is 0 Å². The van der Waals surface area contributed by atoms with Crippen molar-refractivity contribution in [3.8, 4) is 0 Å². The van der Waals surface area contributed by atoms with Gasteiger partial charge in [-0.1, -0.05) is 0 Å². The van der Waals surface area contributed by atoms with Crippen molar-refractivity contribution in [2.45, 2.75) is 13.3 Å². The number of halogens is 2. The molecule has 0 aliphatic rings. The maximum atomic E-state index is 13.0. The fourth-order valence-corrected chi connectivity index (χ4v) is 1.35. The summed E-state index contributed by atoms with van der Waals surface area (Å²) in [5, 5.41) is 10.6. The Morgan fingerprint density at radius 3 is 2.42 bits per heavy atom. The first-order chi connectivity index (χ1) is 8.86. The zero-order chi connectivity index (χ0) is 14.6. The van der Waals surface area contributed by atoms with Crippen LogP contribution in [0.5, 0.6) is 0 Å². The highest BCUT2D eigenvalue weighted by Crippen LogP contribution is 2.23. The Bertz CT molecular complexity index is 544. The molecule has 0 aliphatic heterocycles. The molecule has 0 saturated carbocycles. The SMILES string of the molecule is CCOC(=O)CC(=O)c1cc(F)c(F)cc1[N+](=O)[O-]. The number of benzene rings is 1. The molecule has 0 unspecified atom stereocenters. The van der Waals surface area contributed by atoms with Crippen LogP contribution >= 0.6 is 0 Å². The maximum Gasteiger partial charge on any atom is 0.313 e. The van der Waals surface area contributed by atoms with Gasteiger partial charge in [-0.3, -0.25) is 19.7 Å². The molecule has 0 radical (unpaired) electrons. The second kappa shape index (κ2) is 5.98. The van der Waals surface area contributed by atoms with Crippen molar-refractivity contribution < 1.29 is 28.0 Å². The molecule has 0 heterocycles. The second-order valence-electron chi connectivity index (χ2n) is 3.45. The van der Waals surface area contributed by atoms with Crippen LogP contribution in [0.4, 0.5) is 14.5 Å². The van der Waals surface area contributed by atoms with Gasteiger partial charge in [-0.15, -0.1) is 0 Å². The van der Waals surface area contributed by atoms with Crippen molar-refractivity contribution in [1.82, 2.24) is 0 Å². The summed E-state index contributed by atoms with van der Waals surface area (Å²) in [5.41, 5.74) is -1.56. The molecule has 102 valence electrons. The van der Waals surface area contributed by atoms with Gasteiger partial charge in [0.1, 0.15) is 6.42 Å². The van der Waals surface area contributed by atoms with Crippen LogP contribution in [0.3, 0.4) is 0 Å². The Balaban J connectivity index is 3.11. The summed E-state index contributed by atoms with van der Waals surface area (Å²) in [5.74, 6) is -4.76. The van der Waals surface area contributed by atoms with Crippen LogP contribution < -0.4 is 0 Å². The van der Waals surface area contributed by atoms with Crippen molar-refractivity contribution >= 4 is 17.4 Å². The topological polar surface area (TPSA) is 86.5 Å². The van der Waals surface area contributed by atoms with Gasteiger partial charge in [0.05, 0.1) is 23.2 Å². The average molecular weight is 273 g/mol. The van der Waals surface area contributed by atoms with Crippen LogP contribution in [-0.4, -0.2) is 23.3 Å². The predicted molar refractivity (Wildman–Crippen MR) is 58.6 cm³/mol. The van der Waals surface area contributed by atoms with E-state index in [9.17, 15) is 28.5 Å². The number of nitrogens with zero attached hydrogens (tertiary/aromatic N) is 1. The van der Waals surface area contributed by atoms with Crippen molar-refractivity contribution in [3.05, 3.63) is 39.4 Å². The minimum atomic E-state index is -1.45. The van der Waals surface area contributed by atoms with E-state index in [1.165, 1.54) is 6.92 Å². The van der Waals surface area contributed by atoms with E-state index in [0.29, 0.717) is 12.1 Å². The molecule has 0 fully saturated rings. The lowest BCUT2D eigenvalue weighted by molar-refractivity contribution is -0.385. The highest BCUT2D eigenvalue weighted by molar-refractivity contribution is 6.08. The Morgan fingerprint density at radius 1 is 1.32 bits per heavy atom. The molecule has 1 aromatic carbocycles. The molecule has 0 amide bonds. The Labute approximate surface area is 106 Å². The Kier molecular flexibility index (Phi) is 4.62. The zero-order valence-electron chi connectivity index (χ0n) is 9.81. The quantitative estimate of drug-likeness (QED) is 0.269. The van der Waals surface area contributed by atoms with Gasteiger partial charge in [0.15, 0.2) is 17.4 Å². The molecular formula is C11H9F2NO5. The molecule has 0 bridgehead atoms. The van der Waals surface area contributed by atoms with E-state index in [1.807, 2.05) is 0 Å². The average Bonchev–Trinajstić information content (AvgIpc) is 2.31. The summed E-state index contributed by atoms with van der Waals surface area (Å²) >= 11 is 0. The lowest BCUT2D eigenvalue weighted by Gasteiger charge is -2.03. The van der Waals surface area contributed by atoms with E-state index in [2.05, 4.69) is 4.74 Å². The summed E-state index contributed by atoms with van der Waals surface area (Å²) in [6.07, 6.45) is -0.778. The van der Waals surface area contributed by atoms with E-state index in [4.69, 9.17) is 0 Å². The number of hydrogen-bond donors (Lipinski definition) is 0. The first kappa shape index (κ1) is 14.7. The third-order valence-electron chi connectivity index (χ3n) is 2.15. The number of carbonyl (C=O) groups is 2. The lowest BCUT2D eigenvalue weighted by atomic mass is 10.1. The number of carbonyl (C=O) groups excluding carboxylic acids is 2. The molecule has 6 nitrogen and oxygen atoms in total. The van der Waals surface area contributed by atoms with Gasteiger partial charge in [0, 0.05) is 0 Å². The highest BCUT2D eigenvalue weighted by atomic mass is 19.2. The second-order valence-corrected chi connectivity index (χ2v) is 3.45. The molecule has 19 heavy (non-hydrogen) atoms. The van der Waals surface area contributed by atoms with Gasteiger partial charge in [0.25, 0.3) is 5.69 Å². The smallest absolute Gasteiger partial charge is 0.313 e. The number of Topliss-reactive ketones (excluding diaryl/α,β-unsaturated/α-hetero) is 1. The van der Waals surface area contributed by atoms with Gasteiger partial charge in [-0.2, -0.15) is 0 Å². The first-order valence-electron chi connectivity index (χ1n) is 5.19. The van der Waals surface area contributed by atoms with E-state index in [-0.39, 0.29) is 6.61 Å². The maximum absolute atomic E-state index is 13.0. The highest BCUT2D eigenvalue weighted by Gasteiger charge is 2.25. The van der Waals surface area contributed by atoms with Crippen LogP contribution in [0.2, 0.25) is 0 Å². The molecule has 0 saturated heterocycles. The van der Waals surface area contributed by atoms with Gasteiger partial charge in [-0.05, 0) is 13.0 Å². The predicted octanol–water partition coefficient (Wildman–Crippen LogP) is 2.01. The van der Waals surface area contributed by atoms with Crippen molar-refractivity contribution in [2.24, 2.45) is 0 Å². The zero-order valence-corrected chi connectivity index (χ0v) is 9.81. The summed E-state index contributed by atoms with van der Waals surface area (Å²) < 4.78 is 30.4. The number of nitro groups is 1. The van der Waals surface area contributed by atoms with E-state index >= 15 is 0 Å². The fraction of sp³-hybridized carbons (Fsp3) is 0.273. The number of ketones is 1. The van der Waals surface area contributed by atoms with Crippen molar-refractivity contribution in [1.29, 1.82) is 0 Å². The molecule has 1 rings (SSSR count). The van der Waals surface area contributed by atoms with E-state index in [1.54, 1.807) is 0 Å². The van der Waals surface area contributed by atoms with E-state index < -0.39 is 46.0 Å².